The minimum atomic E-state index is -0.133. The Morgan fingerprint density at radius 1 is 1.30 bits per heavy atom. The van der Waals surface area contributed by atoms with E-state index in [0.29, 0.717) is 12.2 Å². The minimum Gasteiger partial charge on any atom is -0.380 e. The number of aromatic nitrogens is 2. The fraction of sp³-hybridized carbons (Fsp3) is 0.333. The second-order valence-corrected chi connectivity index (χ2v) is 4.52. The van der Waals surface area contributed by atoms with Gasteiger partial charge in [0.1, 0.15) is 5.82 Å². The van der Waals surface area contributed by atoms with E-state index in [2.05, 4.69) is 17.3 Å². The summed E-state index contributed by atoms with van der Waals surface area (Å²) in [6.07, 6.45) is 2.66. The van der Waals surface area contributed by atoms with Crippen LogP contribution >= 0.6 is 0 Å². The molecule has 5 nitrogen and oxygen atoms in total. The van der Waals surface area contributed by atoms with Crippen molar-refractivity contribution in [3.05, 3.63) is 47.7 Å². The fourth-order valence-corrected chi connectivity index (χ4v) is 1.94. The molecule has 0 fully saturated rings. The number of hydrogen-bond donors (Lipinski definition) is 1. The number of anilines is 1. The van der Waals surface area contributed by atoms with Crippen LogP contribution in [0.4, 0.5) is 5.82 Å². The molecule has 2 aromatic rings. The van der Waals surface area contributed by atoms with E-state index < -0.39 is 0 Å². The van der Waals surface area contributed by atoms with Gasteiger partial charge in [0.15, 0.2) is 0 Å². The second-order valence-electron chi connectivity index (χ2n) is 4.52. The maximum absolute atomic E-state index is 12.2. The highest BCUT2D eigenvalue weighted by atomic mass is 16.5. The third-order valence-electron chi connectivity index (χ3n) is 2.92. The van der Waals surface area contributed by atoms with Gasteiger partial charge in [-0.05, 0) is 24.1 Å². The first kappa shape index (κ1) is 14.3. The first-order valence-corrected chi connectivity index (χ1v) is 6.65. The molecule has 0 saturated carbocycles. The van der Waals surface area contributed by atoms with Crippen molar-refractivity contribution in [3.63, 3.8) is 0 Å². The topological polar surface area (TPSA) is 56.2 Å². The summed E-state index contributed by atoms with van der Waals surface area (Å²) in [7, 11) is 1.65. The lowest BCUT2D eigenvalue weighted by Gasteiger charge is -2.08. The molecule has 0 radical (unpaired) electrons. The van der Waals surface area contributed by atoms with Crippen LogP contribution in [0.3, 0.4) is 0 Å². The molecule has 1 N–H and O–H groups in total. The van der Waals surface area contributed by atoms with Crippen LogP contribution in [0.2, 0.25) is 0 Å². The summed E-state index contributed by atoms with van der Waals surface area (Å²) in [5, 5.41) is 7.05. The van der Waals surface area contributed by atoms with Gasteiger partial charge in [0, 0.05) is 25.3 Å². The molecule has 5 heteroatoms. The van der Waals surface area contributed by atoms with Crippen molar-refractivity contribution in [2.24, 2.45) is 0 Å². The van der Waals surface area contributed by atoms with Crippen LogP contribution in [0.15, 0.2) is 36.5 Å². The van der Waals surface area contributed by atoms with E-state index in [1.54, 1.807) is 36.2 Å². The molecule has 106 valence electrons. The molecule has 0 aliphatic heterocycles. The average molecular weight is 273 g/mol. The predicted octanol–water partition coefficient (Wildman–Crippen LogP) is 2.69. The highest BCUT2D eigenvalue weighted by Crippen LogP contribution is 2.11. The Morgan fingerprint density at radius 3 is 2.70 bits per heavy atom. The number of aryl methyl sites for hydroxylation is 1. The van der Waals surface area contributed by atoms with Gasteiger partial charge in [0.25, 0.3) is 5.91 Å². The number of ether oxygens (including phenoxy) is 1. The zero-order valence-electron chi connectivity index (χ0n) is 11.8. The standard InChI is InChI=1S/C15H19N3O2/c1-3-10-18-14(8-9-16-18)17-15(19)13-6-4-12(5-7-13)11-20-2/h4-9H,3,10-11H2,1-2H3,(H,17,19). The van der Waals surface area contributed by atoms with Crippen LogP contribution in [0.25, 0.3) is 0 Å². The number of benzene rings is 1. The van der Waals surface area contributed by atoms with Crippen LogP contribution < -0.4 is 5.32 Å². The summed E-state index contributed by atoms with van der Waals surface area (Å²) in [4.78, 5) is 12.2. The van der Waals surface area contributed by atoms with Crippen LogP contribution in [0, 0.1) is 0 Å². The number of carbonyl (C=O) groups excluding carboxylic acids is 1. The lowest BCUT2D eigenvalue weighted by atomic mass is 10.1. The Labute approximate surface area is 118 Å². The molecule has 0 aliphatic carbocycles. The van der Waals surface area contributed by atoms with E-state index in [9.17, 15) is 4.79 Å². The molecule has 1 aromatic carbocycles. The Bertz CT molecular complexity index is 561. The summed E-state index contributed by atoms with van der Waals surface area (Å²) in [6.45, 7) is 3.41. The van der Waals surface area contributed by atoms with Crippen molar-refractivity contribution in [2.75, 3.05) is 12.4 Å². The van der Waals surface area contributed by atoms with Crippen LogP contribution in [-0.4, -0.2) is 22.8 Å². The molecular weight excluding hydrogens is 254 g/mol. The molecule has 0 atom stereocenters. The molecular formula is C15H19N3O2. The van der Waals surface area contributed by atoms with Gasteiger partial charge in [0.2, 0.25) is 0 Å². The lowest BCUT2D eigenvalue weighted by molar-refractivity contribution is 0.102. The number of nitrogens with zero attached hydrogens (tertiary/aromatic N) is 2. The van der Waals surface area contributed by atoms with E-state index >= 15 is 0 Å². The first-order valence-electron chi connectivity index (χ1n) is 6.65. The number of carbonyl (C=O) groups is 1. The van der Waals surface area contributed by atoms with E-state index in [1.165, 1.54) is 0 Å². The van der Waals surface area contributed by atoms with Gasteiger partial charge >= 0.3 is 0 Å². The molecule has 2 rings (SSSR count). The molecule has 0 bridgehead atoms. The van der Waals surface area contributed by atoms with Crippen molar-refractivity contribution >= 4 is 11.7 Å². The largest absolute Gasteiger partial charge is 0.380 e. The van der Waals surface area contributed by atoms with Gasteiger partial charge in [0.05, 0.1) is 12.8 Å². The maximum Gasteiger partial charge on any atom is 0.256 e. The minimum absolute atomic E-state index is 0.133. The van der Waals surface area contributed by atoms with E-state index in [-0.39, 0.29) is 5.91 Å². The van der Waals surface area contributed by atoms with Crippen molar-refractivity contribution < 1.29 is 9.53 Å². The number of hydrogen-bond acceptors (Lipinski definition) is 3. The van der Waals surface area contributed by atoms with Gasteiger partial charge in [-0.2, -0.15) is 5.10 Å². The normalized spacial score (nSPS) is 10.5. The summed E-state index contributed by atoms with van der Waals surface area (Å²) < 4.78 is 6.83. The van der Waals surface area contributed by atoms with Crippen LogP contribution in [0.5, 0.6) is 0 Å². The number of amides is 1. The molecule has 0 spiro atoms. The maximum atomic E-state index is 12.2. The molecule has 1 aromatic heterocycles. The lowest BCUT2D eigenvalue weighted by Crippen LogP contribution is -2.15. The van der Waals surface area contributed by atoms with E-state index in [1.807, 2.05) is 12.1 Å². The molecule has 1 amide bonds. The van der Waals surface area contributed by atoms with Gasteiger partial charge in [-0.25, -0.2) is 4.68 Å². The average Bonchev–Trinajstić information content (AvgIpc) is 2.88. The number of rotatable bonds is 6. The molecule has 20 heavy (non-hydrogen) atoms. The first-order chi connectivity index (χ1) is 9.74. The predicted molar refractivity (Wildman–Crippen MR) is 77.6 cm³/mol. The Kier molecular flexibility index (Phi) is 4.90. The third kappa shape index (κ3) is 3.45. The molecule has 0 saturated heterocycles. The van der Waals surface area contributed by atoms with Crippen molar-refractivity contribution in [1.29, 1.82) is 0 Å². The Balaban J connectivity index is 2.05. The highest BCUT2D eigenvalue weighted by molar-refractivity contribution is 6.03. The molecule has 0 unspecified atom stereocenters. The highest BCUT2D eigenvalue weighted by Gasteiger charge is 2.09. The van der Waals surface area contributed by atoms with Gasteiger partial charge in [-0.15, -0.1) is 0 Å². The zero-order chi connectivity index (χ0) is 14.4. The Hall–Kier alpha value is -2.14. The van der Waals surface area contributed by atoms with Gasteiger partial charge in [-0.1, -0.05) is 19.1 Å². The van der Waals surface area contributed by atoms with Crippen molar-refractivity contribution in [3.8, 4) is 0 Å². The van der Waals surface area contributed by atoms with Crippen LogP contribution in [0.1, 0.15) is 29.3 Å². The third-order valence-corrected chi connectivity index (χ3v) is 2.92. The van der Waals surface area contributed by atoms with Gasteiger partial charge < -0.3 is 10.1 Å². The zero-order valence-corrected chi connectivity index (χ0v) is 11.8. The van der Waals surface area contributed by atoms with Gasteiger partial charge in [-0.3, -0.25) is 4.79 Å². The summed E-state index contributed by atoms with van der Waals surface area (Å²) >= 11 is 0. The SMILES string of the molecule is CCCn1nccc1NC(=O)c1ccc(COC)cc1. The van der Waals surface area contributed by atoms with Crippen LogP contribution in [-0.2, 0) is 17.9 Å². The quantitative estimate of drug-likeness (QED) is 0.880. The number of nitrogens with one attached hydrogen (secondary N) is 1. The van der Waals surface area contributed by atoms with Crippen molar-refractivity contribution in [1.82, 2.24) is 9.78 Å². The monoisotopic (exact) mass is 273 g/mol. The smallest absolute Gasteiger partial charge is 0.256 e. The summed E-state index contributed by atoms with van der Waals surface area (Å²) in [5.41, 5.74) is 1.66. The Morgan fingerprint density at radius 2 is 2.05 bits per heavy atom. The van der Waals surface area contributed by atoms with Crippen molar-refractivity contribution in [2.45, 2.75) is 26.5 Å². The fourth-order valence-electron chi connectivity index (χ4n) is 1.94. The van der Waals surface area contributed by atoms with E-state index in [0.717, 1.165) is 24.3 Å². The molecule has 0 aliphatic rings. The second kappa shape index (κ2) is 6.86. The summed E-state index contributed by atoms with van der Waals surface area (Å²) in [5.74, 6) is 0.588. The molecule has 1 heterocycles. The van der Waals surface area contributed by atoms with E-state index in [4.69, 9.17) is 4.74 Å². The summed E-state index contributed by atoms with van der Waals surface area (Å²) in [6, 6.07) is 9.17. The number of methoxy groups -OCH3 is 1.